The third-order valence-electron chi connectivity index (χ3n) is 9.07. The van der Waals surface area contributed by atoms with Gasteiger partial charge in [-0.2, -0.15) is 0 Å². The summed E-state index contributed by atoms with van der Waals surface area (Å²) in [7, 11) is 0. The second-order valence-electron chi connectivity index (χ2n) is 12.7. The molecule has 0 saturated carbocycles. The maximum Gasteiger partial charge on any atom is 0.269 e. The number of aliphatic hydroxyl groups excluding tert-OH is 1. The van der Waals surface area contributed by atoms with E-state index in [0.717, 1.165) is 79.9 Å². The molecule has 2 heterocycles. The Morgan fingerprint density at radius 3 is 2.18 bits per heavy atom. The van der Waals surface area contributed by atoms with Gasteiger partial charge < -0.3 is 30.1 Å². The number of nitro benzene ring substituents is 1. The molecular weight excluding hydrogens is 626 g/mol. The van der Waals surface area contributed by atoms with E-state index in [2.05, 4.69) is 20.4 Å². The highest BCUT2D eigenvalue weighted by molar-refractivity contribution is 5.75. The largest absolute Gasteiger partial charge is 0.392 e. The van der Waals surface area contributed by atoms with Gasteiger partial charge in [0, 0.05) is 89.0 Å². The van der Waals surface area contributed by atoms with E-state index in [4.69, 9.17) is 9.47 Å². The van der Waals surface area contributed by atoms with Crippen LogP contribution < -0.4 is 15.5 Å². The summed E-state index contributed by atoms with van der Waals surface area (Å²) >= 11 is 0. The number of non-ortho nitro benzene ring substituents is 1. The molecule has 0 spiro atoms. The highest BCUT2D eigenvalue weighted by Crippen LogP contribution is 2.38. The van der Waals surface area contributed by atoms with E-state index in [9.17, 15) is 24.8 Å². The summed E-state index contributed by atoms with van der Waals surface area (Å²) in [5, 5.41) is 26.3. The summed E-state index contributed by atoms with van der Waals surface area (Å²) in [6, 6.07) is 22.5. The molecule has 2 aliphatic rings. The number of carbonyl (C=O) groups is 2. The lowest BCUT2D eigenvalue weighted by Crippen LogP contribution is -2.49. The first-order valence-corrected chi connectivity index (χ1v) is 17.1. The normalized spacial score (nSPS) is 19.7. The molecule has 2 saturated heterocycles. The average Bonchev–Trinajstić information content (AvgIpc) is 3.12. The minimum absolute atomic E-state index is 0.00836. The molecular formula is C37H47N5O7. The van der Waals surface area contributed by atoms with Crippen LogP contribution in [0.25, 0.3) is 0 Å². The van der Waals surface area contributed by atoms with E-state index >= 15 is 0 Å². The summed E-state index contributed by atoms with van der Waals surface area (Å²) in [6.07, 6.45) is 2.83. The minimum Gasteiger partial charge on any atom is -0.392 e. The molecule has 3 aromatic carbocycles. The molecule has 3 aromatic rings. The van der Waals surface area contributed by atoms with Crippen LogP contribution in [0.15, 0.2) is 72.8 Å². The molecule has 0 unspecified atom stereocenters. The Kier molecular flexibility index (Phi) is 13.1. The number of nitrogens with one attached hydrogen (secondary N) is 2. The molecule has 0 aromatic heterocycles. The van der Waals surface area contributed by atoms with Crippen molar-refractivity contribution in [1.29, 1.82) is 0 Å². The van der Waals surface area contributed by atoms with Crippen LogP contribution in [0.1, 0.15) is 73.7 Å². The summed E-state index contributed by atoms with van der Waals surface area (Å²) in [5.74, 6) is -0.0266. The van der Waals surface area contributed by atoms with Crippen molar-refractivity contribution in [2.24, 2.45) is 0 Å². The Balaban J connectivity index is 1.16. The number of nitro groups is 1. The molecule has 3 atom stereocenters. The van der Waals surface area contributed by atoms with E-state index in [1.54, 1.807) is 12.1 Å². The first-order chi connectivity index (χ1) is 23.8. The third-order valence-corrected chi connectivity index (χ3v) is 9.07. The van der Waals surface area contributed by atoms with Crippen molar-refractivity contribution in [2.45, 2.75) is 70.7 Å². The van der Waals surface area contributed by atoms with Gasteiger partial charge in [0.05, 0.1) is 23.7 Å². The number of hydrogen-bond acceptors (Lipinski definition) is 9. The van der Waals surface area contributed by atoms with Crippen LogP contribution in [0.4, 0.5) is 11.4 Å². The zero-order valence-corrected chi connectivity index (χ0v) is 28.1. The van der Waals surface area contributed by atoms with Crippen LogP contribution >= 0.6 is 0 Å². The Morgan fingerprint density at radius 2 is 1.53 bits per heavy atom. The summed E-state index contributed by atoms with van der Waals surface area (Å²) < 4.78 is 13.1. The Morgan fingerprint density at radius 1 is 0.857 bits per heavy atom. The molecule has 2 aliphatic heterocycles. The van der Waals surface area contributed by atoms with E-state index in [1.165, 1.54) is 6.92 Å². The SMILES string of the molecule is CC(=O)NCCCCCC(=O)NCc1ccc([C@H]2O[C@@H](CN3CCN(c4ccc([N+](=O)[O-])cc4)CC3)C[C@@H](c3ccc(CO)cc3)O2)cc1. The number of amides is 2. The fraction of sp³-hybridized carbons (Fsp3) is 0.459. The molecule has 2 fully saturated rings. The topological polar surface area (TPSA) is 147 Å². The fourth-order valence-corrected chi connectivity index (χ4v) is 6.23. The number of ether oxygens (including phenoxy) is 2. The molecule has 5 rings (SSSR count). The molecule has 0 radical (unpaired) electrons. The number of aliphatic hydroxyl groups is 1. The monoisotopic (exact) mass is 673 g/mol. The van der Waals surface area contributed by atoms with Gasteiger partial charge in [-0.15, -0.1) is 0 Å². The van der Waals surface area contributed by atoms with Gasteiger partial charge in [-0.1, -0.05) is 55.0 Å². The number of hydrogen-bond donors (Lipinski definition) is 3. The predicted molar refractivity (Wildman–Crippen MR) is 186 cm³/mol. The van der Waals surface area contributed by atoms with Gasteiger partial charge >= 0.3 is 0 Å². The van der Waals surface area contributed by atoms with Gasteiger partial charge in [-0.25, -0.2) is 0 Å². The summed E-state index contributed by atoms with van der Waals surface area (Å²) in [4.78, 5) is 38.6. The maximum absolute atomic E-state index is 12.3. The van der Waals surface area contributed by atoms with Crippen molar-refractivity contribution in [3.63, 3.8) is 0 Å². The van der Waals surface area contributed by atoms with E-state index in [-0.39, 0.29) is 41.2 Å². The Labute approximate surface area is 287 Å². The molecule has 12 heteroatoms. The predicted octanol–water partition coefficient (Wildman–Crippen LogP) is 4.77. The van der Waals surface area contributed by atoms with Crippen LogP contribution in [-0.4, -0.2) is 72.1 Å². The smallest absolute Gasteiger partial charge is 0.269 e. The number of piperazine rings is 1. The lowest BCUT2D eigenvalue weighted by Gasteiger charge is -2.41. The summed E-state index contributed by atoms with van der Waals surface area (Å²) in [6.45, 7) is 6.62. The van der Waals surface area contributed by atoms with Crippen LogP contribution in [-0.2, 0) is 32.2 Å². The minimum atomic E-state index is -0.566. The molecule has 3 N–H and O–H groups in total. The first kappa shape index (κ1) is 35.9. The van der Waals surface area contributed by atoms with E-state index < -0.39 is 6.29 Å². The lowest BCUT2D eigenvalue weighted by atomic mass is 9.99. The number of unbranched alkanes of at least 4 members (excludes halogenated alkanes) is 2. The zero-order valence-electron chi connectivity index (χ0n) is 28.1. The molecule has 2 amide bonds. The van der Waals surface area contributed by atoms with Crippen molar-refractivity contribution in [3.05, 3.63) is 105 Å². The number of anilines is 1. The van der Waals surface area contributed by atoms with Crippen LogP contribution in [0, 0.1) is 10.1 Å². The highest BCUT2D eigenvalue weighted by Gasteiger charge is 2.34. The number of nitrogens with zero attached hydrogens (tertiary/aromatic N) is 3. The standard InChI is InChI=1S/C37H47N5O7/c1-27(44)38-18-4-2-3-5-36(45)39-24-28-6-12-31(13-7-28)37-48-34(23-35(49-37)30-10-8-29(26-43)9-11-30)25-40-19-21-41(22-20-40)32-14-16-33(17-15-32)42(46)47/h6-17,34-35,37,43H,2-5,18-26H2,1H3,(H,38,44)(H,39,45)/t34-,35+,37+/m1/s1. The quantitative estimate of drug-likeness (QED) is 0.118. The van der Waals surface area contributed by atoms with Crippen molar-refractivity contribution < 1.29 is 29.1 Å². The van der Waals surface area contributed by atoms with Crippen LogP contribution in [0.5, 0.6) is 0 Å². The second-order valence-corrected chi connectivity index (χ2v) is 12.7. The van der Waals surface area contributed by atoms with E-state index in [1.807, 2.05) is 60.7 Å². The van der Waals surface area contributed by atoms with Gasteiger partial charge in [-0.3, -0.25) is 24.6 Å². The van der Waals surface area contributed by atoms with Crippen molar-refractivity contribution in [2.75, 3.05) is 44.2 Å². The molecule has 0 bridgehead atoms. The molecule has 49 heavy (non-hydrogen) atoms. The highest BCUT2D eigenvalue weighted by atomic mass is 16.7. The van der Waals surface area contributed by atoms with Gasteiger partial charge in [0.25, 0.3) is 5.69 Å². The van der Waals surface area contributed by atoms with Crippen molar-refractivity contribution >= 4 is 23.2 Å². The molecule has 262 valence electrons. The van der Waals surface area contributed by atoms with Crippen LogP contribution in [0.3, 0.4) is 0 Å². The maximum atomic E-state index is 12.3. The van der Waals surface area contributed by atoms with Crippen LogP contribution in [0.2, 0.25) is 0 Å². The van der Waals surface area contributed by atoms with Gasteiger partial charge in [0.15, 0.2) is 6.29 Å². The Bertz CT molecular complexity index is 1510. The van der Waals surface area contributed by atoms with Gasteiger partial charge in [0.1, 0.15) is 0 Å². The van der Waals surface area contributed by atoms with Gasteiger partial charge in [0.2, 0.25) is 11.8 Å². The average molecular weight is 674 g/mol. The van der Waals surface area contributed by atoms with Crippen molar-refractivity contribution in [1.82, 2.24) is 15.5 Å². The number of carbonyl (C=O) groups excluding carboxylic acids is 2. The second kappa shape index (κ2) is 17.9. The summed E-state index contributed by atoms with van der Waals surface area (Å²) in [5.41, 5.74) is 4.84. The zero-order chi connectivity index (χ0) is 34.6. The first-order valence-electron chi connectivity index (χ1n) is 17.1. The fourth-order valence-electron chi connectivity index (χ4n) is 6.23. The van der Waals surface area contributed by atoms with Crippen molar-refractivity contribution in [3.8, 4) is 0 Å². The Hall–Kier alpha value is -4.36. The molecule has 0 aliphatic carbocycles. The third kappa shape index (κ3) is 10.8. The van der Waals surface area contributed by atoms with Gasteiger partial charge in [-0.05, 0) is 41.7 Å². The number of benzene rings is 3. The lowest BCUT2D eigenvalue weighted by molar-refractivity contribution is -0.384. The number of rotatable bonds is 15. The van der Waals surface area contributed by atoms with E-state index in [0.29, 0.717) is 25.9 Å². The molecule has 12 nitrogen and oxygen atoms in total.